The topological polar surface area (TPSA) is 38.7 Å². The fourth-order valence-electron chi connectivity index (χ4n) is 3.90. The molecular formula is C16H19NO2. The van der Waals surface area contributed by atoms with E-state index >= 15 is 0 Å². The summed E-state index contributed by atoms with van der Waals surface area (Å²) in [5.41, 5.74) is 3.13. The highest BCUT2D eigenvalue weighted by molar-refractivity contribution is 5.78. The van der Waals surface area contributed by atoms with Crippen LogP contribution in [-0.2, 0) is 16.1 Å². The molecule has 100 valence electrons. The first-order valence-corrected chi connectivity index (χ1v) is 6.79. The molecule has 0 spiro atoms. The van der Waals surface area contributed by atoms with Crippen molar-refractivity contribution in [1.82, 2.24) is 0 Å². The zero-order chi connectivity index (χ0) is 13.7. The van der Waals surface area contributed by atoms with E-state index in [1.807, 2.05) is 6.21 Å². The van der Waals surface area contributed by atoms with Crippen LogP contribution in [0.15, 0.2) is 29.4 Å². The van der Waals surface area contributed by atoms with Crippen molar-refractivity contribution in [3.05, 3.63) is 35.4 Å². The largest absolute Gasteiger partial charge is 0.331 e. The van der Waals surface area contributed by atoms with Crippen molar-refractivity contribution >= 4 is 12.2 Å². The van der Waals surface area contributed by atoms with E-state index in [0.717, 1.165) is 12.8 Å². The number of hydrogen-bond donors (Lipinski definition) is 0. The Balaban J connectivity index is 1.93. The van der Waals surface area contributed by atoms with Gasteiger partial charge in [0.25, 0.3) is 0 Å². The summed E-state index contributed by atoms with van der Waals surface area (Å²) in [6, 6.07) is 8.65. The highest BCUT2D eigenvalue weighted by Gasteiger charge is 2.71. The third kappa shape index (κ3) is 1.64. The summed E-state index contributed by atoms with van der Waals surface area (Å²) in [4.78, 5) is 15.6. The van der Waals surface area contributed by atoms with Gasteiger partial charge < -0.3 is 4.84 Å². The molecular weight excluding hydrogens is 238 g/mol. The second-order valence-corrected chi connectivity index (χ2v) is 6.21. The molecule has 3 heteroatoms. The summed E-state index contributed by atoms with van der Waals surface area (Å²) in [6.07, 6.45) is 4.02. The Bertz CT molecular complexity index is 562. The highest BCUT2D eigenvalue weighted by Crippen LogP contribution is 2.77. The number of hydrogen-bond acceptors (Lipinski definition) is 3. The van der Waals surface area contributed by atoms with E-state index in [1.165, 1.54) is 18.1 Å². The minimum atomic E-state index is -0.362. The Kier molecular flexibility index (Phi) is 2.56. The van der Waals surface area contributed by atoms with Crippen LogP contribution < -0.4 is 0 Å². The Morgan fingerprint density at radius 2 is 2.16 bits per heavy atom. The number of nitrogens with zero attached hydrogens (tertiary/aromatic N) is 1. The lowest BCUT2D eigenvalue weighted by Crippen LogP contribution is -2.16. The van der Waals surface area contributed by atoms with Gasteiger partial charge in [0.2, 0.25) is 0 Å². The van der Waals surface area contributed by atoms with Gasteiger partial charge in [0.1, 0.15) is 0 Å². The molecule has 1 fully saturated rings. The fraction of sp³-hybridized carbons (Fsp3) is 0.500. The predicted octanol–water partition coefficient (Wildman–Crippen LogP) is 3.29. The lowest BCUT2D eigenvalue weighted by Gasteiger charge is -2.20. The molecule has 0 bridgehead atoms. The molecule has 0 radical (unpaired) electrons. The lowest BCUT2D eigenvalue weighted by atomic mass is 9.84. The molecule has 0 heterocycles. The molecule has 3 nitrogen and oxygen atoms in total. The number of rotatable bonds is 2. The summed E-state index contributed by atoms with van der Waals surface area (Å²) in [5, 5.41) is 3.90. The van der Waals surface area contributed by atoms with Crippen LogP contribution in [0.1, 0.15) is 44.2 Å². The maximum atomic E-state index is 10.8. The van der Waals surface area contributed by atoms with Crippen LogP contribution in [0.2, 0.25) is 0 Å². The van der Waals surface area contributed by atoms with Crippen molar-refractivity contribution in [3.8, 4) is 0 Å². The molecule has 0 aromatic heterocycles. The molecule has 2 atom stereocenters. The Hall–Kier alpha value is -1.64. The molecule has 2 unspecified atom stereocenters. The molecule has 3 rings (SSSR count). The number of aryl methyl sites for hydroxylation is 1. The van der Waals surface area contributed by atoms with Crippen LogP contribution >= 0.6 is 0 Å². The van der Waals surface area contributed by atoms with Gasteiger partial charge in [-0.15, -0.1) is 0 Å². The van der Waals surface area contributed by atoms with E-state index in [0.29, 0.717) is 5.92 Å². The number of benzene rings is 1. The van der Waals surface area contributed by atoms with Crippen LogP contribution in [-0.4, -0.2) is 12.2 Å². The Labute approximate surface area is 113 Å². The van der Waals surface area contributed by atoms with Crippen molar-refractivity contribution in [3.63, 3.8) is 0 Å². The SMILES string of the molecule is CC(=O)O/N=C/C12CCc3ccccc3C1C2(C)C. The van der Waals surface area contributed by atoms with Crippen molar-refractivity contribution in [2.45, 2.75) is 39.5 Å². The quantitative estimate of drug-likeness (QED) is 0.463. The fourth-order valence-corrected chi connectivity index (χ4v) is 3.90. The van der Waals surface area contributed by atoms with Gasteiger partial charge in [-0.3, -0.25) is 0 Å². The number of carbonyl (C=O) groups excluding carboxylic acids is 1. The van der Waals surface area contributed by atoms with Crippen molar-refractivity contribution in [1.29, 1.82) is 0 Å². The average Bonchev–Trinajstić information content (AvgIpc) is 2.86. The molecule has 2 aliphatic carbocycles. The van der Waals surface area contributed by atoms with Gasteiger partial charge >= 0.3 is 5.97 Å². The van der Waals surface area contributed by atoms with Gasteiger partial charge in [-0.1, -0.05) is 43.3 Å². The molecule has 0 amide bonds. The normalized spacial score (nSPS) is 30.6. The van der Waals surface area contributed by atoms with E-state index in [1.54, 1.807) is 0 Å². The minimum absolute atomic E-state index is 0.0524. The maximum Gasteiger partial charge on any atom is 0.331 e. The molecule has 0 N–H and O–H groups in total. The minimum Gasteiger partial charge on any atom is -0.319 e. The summed E-state index contributed by atoms with van der Waals surface area (Å²) in [5.74, 6) is 0.128. The lowest BCUT2D eigenvalue weighted by molar-refractivity contribution is -0.140. The molecule has 1 aromatic rings. The molecule has 0 saturated heterocycles. The van der Waals surface area contributed by atoms with Crippen LogP contribution in [0.25, 0.3) is 0 Å². The van der Waals surface area contributed by atoms with E-state index < -0.39 is 0 Å². The highest BCUT2D eigenvalue weighted by atomic mass is 16.7. The summed E-state index contributed by atoms with van der Waals surface area (Å²) < 4.78 is 0. The maximum absolute atomic E-state index is 10.8. The van der Waals surface area contributed by atoms with Crippen molar-refractivity contribution < 1.29 is 9.63 Å². The number of oxime groups is 1. The van der Waals surface area contributed by atoms with Gasteiger partial charge in [0.15, 0.2) is 0 Å². The summed E-state index contributed by atoms with van der Waals surface area (Å²) >= 11 is 0. The van der Waals surface area contributed by atoms with Crippen LogP contribution in [0.5, 0.6) is 0 Å². The molecule has 1 aromatic carbocycles. The molecule has 1 saturated carbocycles. The van der Waals surface area contributed by atoms with E-state index in [-0.39, 0.29) is 16.8 Å². The number of fused-ring (bicyclic) bond motifs is 3. The summed E-state index contributed by atoms with van der Waals surface area (Å²) in [7, 11) is 0. The average molecular weight is 257 g/mol. The van der Waals surface area contributed by atoms with Crippen LogP contribution in [0.3, 0.4) is 0 Å². The van der Waals surface area contributed by atoms with Gasteiger partial charge in [-0.25, -0.2) is 4.79 Å². The second kappa shape index (κ2) is 3.92. The van der Waals surface area contributed by atoms with E-state index in [9.17, 15) is 4.79 Å². The first-order chi connectivity index (χ1) is 8.99. The van der Waals surface area contributed by atoms with Gasteiger partial charge in [0.05, 0.1) is 6.21 Å². The summed E-state index contributed by atoms with van der Waals surface area (Å²) in [6.45, 7) is 5.93. The first kappa shape index (κ1) is 12.4. The Morgan fingerprint density at radius 1 is 1.42 bits per heavy atom. The van der Waals surface area contributed by atoms with Gasteiger partial charge in [-0.05, 0) is 29.4 Å². The van der Waals surface area contributed by atoms with Crippen molar-refractivity contribution in [2.24, 2.45) is 16.0 Å². The van der Waals surface area contributed by atoms with Gasteiger partial charge in [0, 0.05) is 18.3 Å². The monoisotopic (exact) mass is 257 g/mol. The Morgan fingerprint density at radius 3 is 2.89 bits per heavy atom. The molecule has 19 heavy (non-hydrogen) atoms. The third-order valence-corrected chi connectivity index (χ3v) is 4.99. The molecule has 0 aliphatic heterocycles. The number of carbonyl (C=O) groups is 1. The molecule has 2 aliphatic rings. The smallest absolute Gasteiger partial charge is 0.319 e. The van der Waals surface area contributed by atoms with E-state index in [4.69, 9.17) is 4.84 Å². The van der Waals surface area contributed by atoms with Crippen molar-refractivity contribution in [2.75, 3.05) is 0 Å². The first-order valence-electron chi connectivity index (χ1n) is 6.79. The second-order valence-electron chi connectivity index (χ2n) is 6.21. The van der Waals surface area contributed by atoms with Gasteiger partial charge in [-0.2, -0.15) is 0 Å². The predicted molar refractivity (Wildman–Crippen MR) is 74.0 cm³/mol. The third-order valence-electron chi connectivity index (χ3n) is 4.99. The van der Waals surface area contributed by atoms with E-state index in [2.05, 4.69) is 43.3 Å². The van der Waals surface area contributed by atoms with Crippen LogP contribution in [0, 0.1) is 10.8 Å². The van der Waals surface area contributed by atoms with Crippen LogP contribution in [0.4, 0.5) is 0 Å². The standard InChI is InChI=1S/C16H19NO2/c1-11(18)19-17-10-16-9-8-12-6-4-5-7-13(12)14(16)15(16,2)3/h4-7,10,14H,8-9H2,1-3H3/b17-10+. The zero-order valence-corrected chi connectivity index (χ0v) is 11.6. The zero-order valence-electron chi connectivity index (χ0n) is 11.6.